The summed E-state index contributed by atoms with van der Waals surface area (Å²) in [6.07, 6.45) is 0. The minimum absolute atomic E-state index is 0.582. The van der Waals surface area contributed by atoms with E-state index < -0.39 is 0 Å². The maximum atomic E-state index is 5.66. The Kier molecular flexibility index (Phi) is 3.30. The molecule has 1 rings (SSSR count). The fraction of sp³-hybridized carbons (Fsp3) is 1.00. The van der Waals surface area contributed by atoms with E-state index >= 15 is 0 Å². The third-order valence-corrected chi connectivity index (χ3v) is 2.49. The summed E-state index contributed by atoms with van der Waals surface area (Å²) in [5.74, 6) is 0. The first-order chi connectivity index (χ1) is 5.27. The lowest BCUT2D eigenvalue weighted by molar-refractivity contribution is 0.0997. The summed E-state index contributed by atoms with van der Waals surface area (Å²) >= 11 is 0. The number of piperazine rings is 1. The van der Waals surface area contributed by atoms with Crippen LogP contribution in [0.5, 0.6) is 0 Å². The Morgan fingerprint density at radius 1 is 1.45 bits per heavy atom. The molecule has 1 saturated heterocycles. The first-order valence-corrected chi connectivity index (χ1v) is 4.40. The SMILES string of the molecule is CCN1CCN(C)CC1CN. The molecule has 1 unspecified atom stereocenters. The van der Waals surface area contributed by atoms with E-state index in [1.54, 1.807) is 0 Å². The van der Waals surface area contributed by atoms with Crippen LogP contribution in [-0.4, -0.2) is 55.6 Å². The van der Waals surface area contributed by atoms with Gasteiger partial charge in [-0.05, 0) is 13.6 Å². The average molecular weight is 157 g/mol. The van der Waals surface area contributed by atoms with Gasteiger partial charge >= 0.3 is 0 Å². The maximum Gasteiger partial charge on any atom is 0.0345 e. The van der Waals surface area contributed by atoms with Crippen molar-refractivity contribution >= 4 is 0 Å². The highest BCUT2D eigenvalue weighted by molar-refractivity contribution is 4.80. The lowest BCUT2D eigenvalue weighted by atomic mass is 10.2. The van der Waals surface area contributed by atoms with Crippen molar-refractivity contribution in [1.29, 1.82) is 0 Å². The highest BCUT2D eigenvalue weighted by atomic mass is 15.3. The van der Waals surface area contributed by atoms with Crippen LogP contribution in [0, 0.1) is 0 Å². The van der Waals surface area contributed by atoms with E-state index in [9.17, 15) is 0 Å². The summed E-state index contributed by atoms with van der Waals surface area (Å²) < 4.78 is 0. The Balaban J connectivity index is 2.41. The second kappa shape index (κ2) is 4.04. The van der Waals surface area contributed by atoms with Crippen molar-refractivity contribution in [2.24, 2.45) is 5.73 Å². The average Bonchev–Trinajstić information content (AvgIpc) is 2.04. The highest BCUT2D eigenvalue weighted by Gasteiger charge is 2.21. The van der Waals surface area contributed by atoms with Gasteiger partial charge < -0.3 is 10.6 Å². The maximum absolute atomic E-state index is 5.66. The van der Waals surface area contributed by atoms with E-state index in [1.807, 2.05) is 0 Å². The summed E-state index contributed by atoms with van der Waals surface area (Å²) in [5, 5.41) is 0. The lowest BCUT2D eigenvalue weighted by Gasteiger charge is -2.38. The molecule has 1 heterocycles. The standard InChI is InChI=1S/C8H19N3/c1-3-11-5-4-10(2)7-8(11)6-9/h8H,3-7,9H2,1-2H3. The van der Waals surface area contributed by atoms with Crippen LogP contribution in [0.3, 0.4) is 0 Å². The van der Waals surface area contributed by atoms with Gasteiger partial charge in [0.05, 0.1) is 0 Å². The molecule has 66 valence electrons. The number of likely N-dealkylation sites (N-methyl/N-ethyl adjacent to an activating group) is 2. The van der Waals surface area contributed by atoms with Gasteiger partial charge in [-0.15, -0.1) is 0 Å². The van der Waals surface area contributed by atoms with Gasteiger partial charge in [0.1, 0.15) is 0 Å². The van der Waals surface area contributed by atoms with Crippen LogP contribution in [0.4, 0.5) is 0 Å². The minimum Gasteiger partial charge on any atom is -0.329 e. The number of rotatable bonds is 2. The van der Waals surface area contributed by atoms with Gasteiger partial charge in [-0.3, -0.25) is 4.90 Å². The van der Waals surface area contributed by atoms with Gasteiger partial charge in [-0.2, -0.15) is 0 Å². The molecule has 0 aliphatic carbocycles. The van der Waals surface area contributed by atoms with Crippen molar-refractivity contribution < 1.29 is 0 Å². The highest BCUT2D eigenvalue weighted by Crippen LogP contribution is 2.05. The molecule has 0 aromatic rings. The quantitative estimate of drug-likeness (QED) is 0.591. The fourth-order valence-electron chi connectivity index (χ4n) is 1.69. The molecule has 0 aromatic carbocycles. The Hall–Kier alpha value is -0.120. The van der Waals surface area contributed by atoms with Crippen molar-refractivity contribution in [2.45, 2.75) is 13.0 Å². The van der Waals surface area contributed by atoms with Crippen molar-refractivity contribution in [3.8, 4) is 0 Å². The first-order valence-electron chi connectivity index (χ1n) is 4.40. The van der Waals surface area contributed by atoms with Gasteiger partial charge in [0.2, 0.25) is 0 Å². The number of nitrogens with two attached hydrogens (primary N) is 1. The monoisotopic (exact) mass is 157 g/mol. The Labute approximate surface area is 69.1 Å². The Morgan fingerprint density at radius 3 is 2.73 bits per heavy atom. The Morgan fingerprint density at radius 2 is 2.18 bits per heavy atom. The van der Waals surface area contributed by atoms with Gasteiger partial charge in [-0.1, -0.05) is 6.92 Å². The molecule has 1 atom stereocenters. The zero-order valence-corrected chi connectivity index (χ0v) is 7.58. The van der Waals surface area contributed by atoms with Gasteiger partial charge in [0.15, 0.2) is 0 Å². The topological polar surface area (TPSA) is 32.5 Å². The van der Waals surface area contributed by atoms with E-state index in [2.05, 4.69) is 23.8 Å². The van der Waals surface area contributed by atoms with Gasteiger partial charge in [-0.25, -0.2) is 0 Å². The second-order valence-corrected chi connectivity index (χ2v) is 3.28. The van der Waals surface area contributed by atoms with Crippen molar-refractivity contribution in [2.75, 3.05) is 39.8 Å². The van der Waals surface area contributed by atoms with Gasteiger partial charge in [0.25, 0.3) is 0 Å². The van der Waals surface area contributed by atoms with E-state index in [0.717, 1.165) is 19.6 Å². The predicted octanol–water partition coefficient (Wildman–Crippen LogP) is -0.419. The first kappa shape index (κ1) is 8.97. The van der Waals surface area contributed by atoms with Gasteiger partial charge in [0, 0.05) is 32.2 Å². The van der Waals surface area contributed by atoms with Crippen LogP contribution >= 0.6 is 0 Å². The molecule has 2 N–H and O–H groups in total. The summed E-state index contributed by atoms with van der Waals surface area (Å²) in [7, 11) is 2.16. The molecule has 0 amide bonds. The van der Waals surface area contributed by atoms with Crippen LogP contribution in [0.15, 0.2) is 0 Å². The van der Waals surface area contributed by atoms with Crippen LogP contribution in [0.1, 0.15) is 6.92 Å². The fourth-order valence-corrected chi connectivity index (χ4v) is 1.69. The molecule has 0 spiro atoms. The number of hydrogen-bond acceptors (Lipinski definition) is 3. The largest absolute Gasteiger partial charge is 0.329 e. The van der Waals surface area contributed by atoms with Crippen LogP contribution in [-0.2, 0) is 0 Å². The summed E-state index contributed by atoms with van der Waals surface area (Å²) in [6, 6.07) is 0.582. The van der Waals surface area contributed by atoms with Crippen molar-refractivity contribution in [3.05, 3.63) is 0 Å². The molecular weight excluding hydrogens is 138 g/mol. The van der Waals surface area contributed by atoms with Crippen molar-refractivity contribution in [3.63, 3.8) is 0 Å². The third kappa shape index (κ3) is 2.15. The number of nitrogens with zero attached hydrogens (tertiary/aromatic N) is 2. The van der Waals surface area contributed by atoms with E-state index in [0.29, 0.717) is 6.04 Å². The Bertz CT molecular complexity index is 116. The molecular formula is C8H19N3. The summed E-state index contributed by atoms with van der Waals surface area (Å²) in [4.78, 5) is 4.81. The lowest BCUT2D eigenvalue weighted by Crippen LogP contribution is -2.54. The van der Waals surface area contributed by atoms with Crippen LogP contribution in [0.25, 0.3) is 0 Å². The van der Waals surface area contributed by atoms with Crippen molar-refractivity contribution in [1.82, 2.24) is 9.80 Å². The van der Waals surface area contributed by atoms with Crippen LogP contribution < -0.4 is 5.73 Å². The van der Waals surface area contributed by atoms with E-state index in [1.165, 1.54) is 13.1 Å². The third-order valence-electron chi connectivity index (χ3n) is 2.49. The van der Waals surface area contributed by atoms with E-state index in [-0.39, 0.29) is 0 Å². The molecule has 0 saturated carbocycles. The predicted molar refractivity (Wildman–Crippen MR) is 47.6 cm³/mol. The smallest absolute Gasteiger partial charge is 0.0345 e. The minimum atomic E-state index is 0.582. The zero-order valence-electron chi connectivity index (χ0n) is 7.58. The molecule has 1 aliphatic rings. The normalized spacial score (nSPS) is 29.2. The summed E-state index contributed by atoms with van der Waals surface area (Å²) in [6.45, 7) is 7.62. The molecule has 11 heavy (non-hydrogen) atoms. The summed E-state index contributed by atoms with van der Waals surface area (Å²) in [5.41, 5.74) is 5.66. The zero-order chi connectivity index (χ0) is 8.27. The molecule has 1 fully saturated rings. The number of hydrogen-bond donors (Lipinski definition) is 1. The molecule has 3 nitrogen and oxygen atoms in total. The molecule has 0 bridgehead atoms. The molecule has 1 aliphatic heterocycles. The second-order valence-electron chi connectivity index (χ2n) is 3.28. The molecule has 0 radical (unpaired) electrons. The van der Waals surface area contributed by atoms with Crippen LogP contribution in [0.2, 0.25) is 0 Å². The van der Waals surface area contributed by atoms with E-state index in [4.69, 9.17) is 5.73 Å². The molecule has 3 heteroatoms. The molecule has 0 aromatic heterocycles.